The van der Waals surface area contributed by atoms with Gasteiger partial charge in [0.25, 0.3) is 5.91 Å². The third kappa shape index (κ3) is 2.23. The van der Waals surface area contributed by atoms with Gasteiger partial charge in [-0.05, 0) is 44.9 Å². The Balaban J connectivity index is 1.75. The molecule has 0 atom stereocenters. The lowest BCUT2D eigenvalue weighted by molar-refractivity contribution is 0.0880. The maximum atomic E-state index is 12.5. The van der Waals surface area contributed by atoms with E-state index in [1.807, 2.05) is 11.6 Å². The zero-order valence-corrected chi connectivity index (χ0v) is 12.5. The second-order valence-corrected chi connectivity index (χ2v) is 6.19. The molecule has 1 amide bonds. The van der Waals surface area contributed by atoms with Crippen molar-refractivity contribution in [3.05, 3.63) is 11.4 Å². The third-order valence-electron chi connectivity index (χ3n) is 4.88. The highest BCUT2D eigenvalue weighted by molar-refractivity contribution is 5.94. The Morgan fingerprint density at radius 1 is 1.40 bits per heavy atom. The Morgan fingerprint density at radius 3 is 2.65 bits per heavy atom. The lowest BCUT2D eigenvalue weighted by atomic mass is 9.78. The van der Waals surface area contributed by atoms with Gasteiger partial charge < -0.3 is 5.32 Å². The van der Waals surface area contributed by atoms with Crippen LogP contribution >= 0.6 is 0 Å². The van der Waals surface area contributed by atoms with Crippen LogP contribution < -0.4 is 5.32 Å². The predicted octanol–water partition coefficient (Wildman–Crippen LogP) is 2.31. The minimum atomic E-state index is -0.0162. The first kappa shape index (κ1) is 13.6. The summed E-state index contributed by atoms with van der Waals surface area (Å²) in [6, 6.07) is 0. The summed E-state index contributed by atoms with van der Waals surface area (Å²) in [5, 5.41) is 11.5. The Labute approximate surface area is 120 Å². The lowest BCUT2D eigenvalue weighted by Crippen LogP contribution is -2.45. The third-order valence-corrected chi connectivity index (χ3v) is 4.88. The molecule has 1 aromatic heterocycles. The fourth-order valence-corrected chi connectivity index (χ4v) is 3.26. The van der Waals surface area contributed by atoms with Gasteiger partial charge in [-0.1, -0.05) is 25.0 Å². The number of hydrogen-bond donors (Lipinski definition) is 1. The van der Waals surface area contributed by atoms with Crippen molar-refractivity contribution in [1.29, 1.82) is 0 Å². The molecule has 0 saturated heterocycles. The van der Waals surface area contributed by atoms with Gasteiger partial charge in [0.2, 0.25) is 0 Å². The summed E-state index contributed by atoms with van der Waals surface area (Å²) in [6.45, 7) is 4.92. The van der Waals surface area contributed by atoms with Gasteiger partial charge in [-0.15, -0.1) is 5.10 Å². The van der Waals surface area contributed by atoms with Crippen LogP contribution in [0.25, 0.3) is 0 Å². The van der Waals surface area contributed by atoms with E-state index in [2.05, 4.69) is 22.6 Å². The van der Waals surface area contributed by atoms with Crippen molar-refractivity contribution in [2.24, 2.45) is 5.92 Å². The van der Waals surface area contributed by atoms with Crippen LogP contribution in [0.1, 0.15) is 68.6 Å². The molecule has 3 rings (SSSR count). The summed E-state index contributed by atoms with van der Waals surface area (Å²) >= 11 is 0. The van der Waals surface area contributed by atoms with Gasteiger partial charge in [-0.3, -0.25) is 4.79 Å². The summed E-state index contributed by atoms with van der Waals surface area (Å²) in [4.78, 5) is 12.5. The maximum Gasteiger partial charge on any atom is 0.274 e. The zero-order chi connectivity index (χ0) is 14.2. The highest BCUT2D eigenvalue weighted by atomic mass is 16.2. The molecule has 2 aliphatic carbocycles. The smallest absolute Gasteiger partial charge is 0.274 e. The first-order valence-electron chi connectivity index (χ1n) is 7.95. The van der Waals surface area contributed by atoms with Crippen molar-refractivity contribution in [3.8, 4) is 0 Å². The number of hydrogen-bond acceptors (Lipinski definition) is 3. The molecule has 1 aromatic rings. The van der Waals surface area contributed by atoms with Gasteiger partial charge in [0, 0.05) is 12.1 Å². The van der Waals surface area contributed by atoms with E-state index in [0.717, 1.165) is 37.9 Å². The van der Waals surface area contributed by atoms with Crippen LogP contribution in [0.4, 0.5) is 0 Å². The van der Waals surface area contributed by atoms with E-state index in [1.54, 1.807) is 0 Å². The van der Waals surface area contributed by atoms with E-state index in [1.165, 1.54) is 19.3 Å². The SMILES string of the molecule is CCCc1c(C(=O)NC2(C3CCC3)CC2)nnn1CC. The van der Waals surface area contributed by atoms with Crippen LogP contribution in [-0.2, 0) is 13.0 Å². The van der Waals surface area contributed by atoms with E-state index in [-0.39, 0.29) is 11.4 Å². The monoisotopic (exact) mass is 276 g/mol. The molecule has 0 radical (unpaired) electrons. The molecule has 2 fully saturated rings. The second kappa shape index (κ2) is 5.19. The summed E-state index contributed by atoms with van der Waals surface area (Å²) in [6.07, 6.45) is 7.98. The molecule has 5 heteroatoms. The van der Waals surface area contributed by atoms with Crippen LogP contribution in [0, 0.1) is 5.92 Å². The molecule has 0 spiro atoms. The molecule has 0 aliphatic heterocycles. The lowest BCUT2D eigenvalue weighted by Gasteiger charge is -2.34. The predicted molar refractivity (Wildman–Crippen MR) is 76.5 cm³/mol. The summed E-state index contributed by atoms with van der Waals surface area (Å²) in [5.41, 5.74) is 1.62. The van der Waals surface area contributed by atoms with Crippen molar-refractivity contribution in [1.82, 2.24) is 20.3 Å². The van der Waals surface area contributed by atoms with Crippen molar-refractivity contribution >= 4 is 5.91 Å². The van der Waals surface area contributed by atoms with E-state index >= 15 is 0 Å². The van der Waals surface area contributed by atoms with Gasteiger partial charge >= 0.3 is 0 Å². The Kier molecular flexibility index (Phi) is 3.52. The number of carbonyl (C=O) groups is 1. The molecule has 2 saturated carbocycles. The van der Waals surface area contributed by atoms with Crippen molar-refractivity contribution in [2.45, 2.75) is 70.9 Å². The van der Waals surface area contributed by atoms with E-state index in [4.69, 9.17) is 0 Å². The van der Waals surface area contributed by atoms with Crippen LogP contribution in [-0.4, -0.2) is 26.4 Å². The summed E-state index contributed by atoms with van der Waals surface area (Å²) in [7, 11) is 0. The Morgan fingerprint density at radius 2 is 2.15 bits per heavy atom. The van der Waals surface area contributed by atoms with E-state index in [9.17, 15) is 4.79 Å². The molecular formula is C15H24N4O. The molecule has 0 bridgehead atoms. The second-order valence-electron chi connectivity index (χ2n) is 6.19. The minimum absolute atomic E-state index is 0.0162. The fourth-order valence-electron chi connectivity index (χ4n) is 3.26. The maximum absolute atomic E-state index is 12.5. The fraction of sp³-hybridized carbons (Fsp3) is 0.800. The molecule has 0 unspecified atom stereocenters. The number of nitrogens with one attached hydrogen (secondary N) is 1. The van der Waals surface area contributed by atoms with Crippen molar-refractivity contribution in [2.75, 3.05) is 0 Å². The molecule has 1 N–H and O–H groups in total. The highest BCUT2D eigenvalue weighted by Crippen LogP contribution is 2.50. The number of aromatic nitrogens is 3. The van der Waals surface area contributed by atoms with Crippen molar-refractivity contribution in [3.63, 3.8) is 0 Å². The van der Waals surface area contributed by atoms with Gasteiger partial charge in [0.15, 0.2) is 5.69 Å². The van der Waals surface area contributed by atoms with Crippen molar-refractivity contribution < 1.29 is 4.79 Å². The van der Waals surface area contributed by atoms with Gasteiger partial charge in [0.1, 0.15) is 0 Å². The van der Waals surface area contributed by atoms with Crippen LogP contribution in [0.3, 0.4) is 0 Å². The van der Waals surface area contributed by atoms with E-state index < -0.39 is 0 Å². The number of amides is 1. The minimum Gasteiger partial charge on any atom is -0.345 e. The largest absolute Gasteiger partial charge is 0.345 e. The molecule has 20 heavy (non-hydrogen) atoms. The van der Waals surface area contributed by atoms with Gasteiger partial charge in [-0.2, -0.15) is 0 Å². The topological polar surface area (TPSA) is 59.8 Å². The quantitative estimate of drug-likeness (QED) is 0.867. The summed E-state index contributed by atoms with van der Waals surface area (Å²) in [5.74, 6) is 0.680. The van der Waals surface area contributed by atoms with Gasteiger partial charge in [-0.25, -0.2) is 4.68 Å². The summed E-state index contributed by atoms with van der Waals surface area (Å²) < 4.78 is 1.85. The molecule has 110 valence electrons. The van der Waals surface area contributed by atoms with Crippen LogP contribution in [0.5, 0.6) is 0 Å². The zero-order valence-electron chi connectivity index (χ0n) is 12.5. The number of rotatable bonds is 6. The highest BCUT2D eigenvalue weighted by Gasteiger charge is 2.52. The van der Waals surface area contributed by atoms with Crippen LogP contribution in [0.2, 0.25) is 0 Å². The number of carbonyl (C=O) groups excluding carboxylic acids is 1. The van der Waals surface area contributed by atoms with E-state index in [0.29, 0.717) is 11.6 Å². The standard InChI is InChI=1S/C15H24N4O/c1-3-6-12-13(17-18-19(12)4-2)14(20)16-15(9-10-15)11-7-5-8-11/h11H,3-10H2,1-2H3,(H,16,20). The first-order valence-corrected chi connectivity index (χ1v) is 7.95. The number of aryl methyl sites for hydroxylation is 1. The molecule has 5 nitrogen and oxygen atoms in total. The number of nitrogens with zero attached hydrogens (tertiary/aromatic N) is 3. The molecular weight excluding hydrogens is 252 g/mol. The molecule has 0 aromatic carbocycles. The Hall–Kier alpha value is -1.39. The average Bonchev–Trinajstić information content (AvgIpc) is 2.99. The van der Waals surface area contributed by atoms with Gasteiger partial charge in [0.05, 0.1) is 5.69 Å². The first-order chi connectivity index (χ1) is 9.70. The molecule has 1 heterocycles. The average molecular weight is 276 g/mol. The van der Waals surface area contributed by atoms with Crippen LogP contribution in [0.15, 0.2) is 0 Å². The normalized spacial score (nSPS) is 20.5. The molecule has 2 aliphatic rings. The Bertz CT molecular complexity index is 500.